The fourth-order valence-electron chi connectivity index (χ4n) is 1.57. The highest BCUT2D eigenvalue weighted by Gasteiger charge is 2.26. The van der Waals surface area contributed by atoms with Crippen molar-refractivity contribution in [3.63, 3.8) is 0 Å². The molecule has 1 aromatic rings. The lowest BCUT2D eigenvalue weighted by Gasteiger charge is -2.27. The third-order valence-electron chi connectivity index (χ3n) is 2.42. The van der Waals surface area contributed by atoms with Crippen LogP contribution in [0.25, 0.3) is 0 Å². The van der Waals surface area contributed by atoms with Gasteiger partial charge in [-0.15, -0.1) is 0 Å². The lowest BCUT2D eigenvalue weighted by Crippen LogP contribution is -2.40. The molecular formula is C11H12N2O3. The van der Waals surface area contributed by atoms with Crippen LogP contribution >= 0.6 is 0 Å². The van der Waals surface area contributed by atoms with E-state index in [0.29, 0.717) is 5.71 Å². The predicted molar refractivity (Wildman–Crippen MR) is 58.5 cm³/mol. The van der Waals surface area contributed by atoms with Crippen LogP contribution < -0.4 is 5.06 Å². The van der Waals surface area contributed by atoms with Gasteiger partial charge in [-0.1, -0.05) is 23.4 Å². The second kappa shape index (κ2) is 4.32. The van der Waals surface area contributed by atoms with Gasteiger partial charge < -0.3 is 5.21 Å². The Hall–Kier alpha value is -1.88. The number of hydrogen-bond acceptors (Lipinski definition) is 4. The van der Waals surface area contributed by atoms with Crippen LogP contribution in [0.15, 0.2) is 29.4 Å². The van der Waals surface area contributed by atoms with Crippen molar-refractivity contribution in [1.82, 2.24) is 0 Å². The maximum atomic E-state index is 11.7. The van der Waals surface area contributed by atoms with Crippen molar-refractivity contribution in [2.45, 2.75) is 13.3 Å². The summed E-state index contributed by atoms with van der Waals surface area (Å²) in [4.78, 5) is 17.0. The Morgan fingerprint density at radius 3 is 2.81 bits per heavy atom. The fraction of sp³-hybridized carbons (Fsp3) is 0.273. The van der Waals surface area contributed by atoms with Crippen molar-refractivity contribution in [1.29, 1.82) is 0 Å². The minimum atomic E-state index is -0.228. The van der Waals surface area contributed by atoms with Crippen molar-refractivity contribution in [2.24, 2.45) is 5.16 Å². The minimum absolute atomic E-state index is 0.0881. The monoisotopic (exact) mass is 220 g/mol. The zero-order valence-corrected chi connectivity index (χ0v) is 8.88. The Morgan fingerprint density at radius 2 is 2.19 bits per heavy atom. The van der Waals surface area contributed by atoms with Gasteiger partial charge in [0.25, 0.3) is 5.91 Å². The molecule has 1 aliphatic heterocycles. The molecule has 1 N–H and O–H groups in total. The van der Waals surface area contributed by atoms with Gasteiger partial charge in [0, 0.05) is 0 Å². The molecule has 1 aromatic carbocycles. The van der Waals surface area contributed by atoms with Gasteiger partial charge in [-0.25, -0.2) is 0 Å². The molecular weight excluding hydrogens is 208 g/mol. The second-order valence-electron chi connectivity index (χ2n) is 3.59. The van der Waals surface area contributed by atoms with Crippen LogP contribution in [-0.4, -0.2) is 23.4 Å². The number of aryl methyl sites for hydroxylation is 1. The number of para-hydroxylation sites is 1. The van der Waals surface area contributed by atoms with Gasteiger partial charge in [0.15, 0.2) is 0 Å². The van der Waals surface area contributed by atoms with Crippen LogP contribution in [0, 0.1) is 6.92 Å². The normalized spacial score (nSPS) is 19.2. The number of hydroxylamine groups is 1. The number of anilines is 1. The molecule has 2 rings (SSSR count). The van der Waals surface area contributed by atoms with Crippen LogP contribution in [0.3, 0.4) is 0 Å². The second-order valence-corrected chi connectivity index (χ2v) is 3.59. The first-order valence-electron chi connectivity index (χ1n) is 4.93. The van der Waals surface area contributed by atoms with E-state index in [1.807, 2.05) is 31.2 Å². The lowest BCUT2D eigenvalue weighted by molar-refractivity contribution is -0.125. The van der Waals surface area contributed by atoms with Crippen molar-refractivity contribution >= 4 is 17.3 Å². The Morgan fingerprint density at radius 1 is 1.44 bits per heavy atom. The lowest BCUT2D eigenvalue weighted by atomic mass is 10.1. The van der Waals surface area contributed by atoms with E-state index in [1.165, 1.54) is 5.06 Å². The van der Waals surface area contributed by atoms with E-state index >= 15 is 0 Å². The number of oxime groups is 1. The summed E-state index contributed by atoms with van der Waals surface area (Å²) in [6, 6.07) is 7.46. The summed E-state index contributed by atoms with van der Waals surface area (Å²) in [6.45, 7) is 2.04. The number of carbonyl (C=O) groups is 1. The summed E-state index contributed by atoms with van der Waals surface area (Å²) in [7, 11) is 0. The summed E-state index contributed by atoms with van der Waals surface area (Å²) in [5, 5.41) is 12.8. The summed E-state index contributed by atoms with van der Waals surface area (Å²) in [6.07, 6.45) is 0.0881. The van der Waals surface area contributed by atoms with E-state index in [-0.39, 0.29) is 18.9 Å². The Bertz CT molecular complexity index is 443. The molecule has 16 heavy (non-hydrogen) atoms. The zero-order chi connectivity index (χ0) is 11.5. The van der Waals surface area contributed by atoms with E-state index < -0.39 is 0 Å². The highest BCUT2D eigenvalue weighted by molar-refractivity contribution is 6.09. The number of amides is 1. The van der Waals surface area contributed by atoms with Crippen LogP contribution in [-0.2, 0) is 9.63 Å². The topological polar surface area (TPSA) is 62.1 Å². The van der Waals surface area contributed by atoms with Crippen LogP contribution in [0.1, 0.15) is 12.0 Å². The molecule has 0 aromatic heterocycles. The number of benzene rings is 1. The highest BCUT2D eigenvalue weighted by Crippen LogP contribution is 2.22. The molecule has 0 unspecified atom stereocenters. The highest BCUT2D eigenvalue weighted by atomic mass is 16.7. The number of nitrogens with zero attached hydrogens (tertiary/aromatic N) is 2. The van der Waals surface area contributed by atoms with Gasteiger partial charge in [-0.3, -0.25) is 9.63 Å². The SMILES string of the molecule is Cc1ccccc1N1OCC(=NO)CC1=O. The third kappa shape index (κ3) is 1.90. The molecule has 0 saturated carbocycles. The van der Waals surface area contributed by atoms with Crippen LogP contribution in [0.4, 0.5) is 5.69 Å². The van der Waals surface area contributed by atoms with Gasteiger partial charge in [0.1, 0.15) is 6.61 Å². The molecule has 0 bridgehead atoms. The van der Waals surface area contributed by atoms with Gasteiger partial charge in [-0.2, -0.15) is 5.06 Å². The average molecular weight is 220 g/mol. The Kier molecular flexibility index (Phi) is 2.87. The van der Waals surface area contributed by atoms with Gasteiger partial charge in [-0.05, 0) is 18.6 Å². The molecule has 5 nitrogen and oxygen atoms in total. The zero-order valence-electron chi connectivity index (χ0n) is 8.88. The van der Waals surface area contributed by atoms with E-state index in [2.05, 4.69) is 5.16 Å². The summed E-state index contributed by atoms with van der Waals surface area (Å²) in [5.41, 5.74) is 2.03. The molecule has 0 aliphatic carbocycles. The van der Waals surface area contributed by atoms with E-state index in [1.54, 1.807) is 0 Å². The van der Waals surface area contributed by atoms with Gasteiger partial charge in [0.05, 0.1) is 17.8 Å². The molecule has 5 heteroatoms. The molecule has 1 saturated heterocycles. The predicted octanol–water partition coefficient (Wildman–Crippen LogP) is 1.49. The first-order chi connectivity index (χ1) is 7.72. The summed E-state index contributed by atoms with van der Waals surface area (Å²) < 4.78 is 0. The molecule has 0 spiro atoms. The summed E-state index contributed by atoms with van der Waals surface area (Å²) >= 11 is 0. The van der Waals surface area contributed by atoms with Gasteiger partial charge in [0.2, 0.25) is 0 Å². The Labute approximate surface area is 92.9 Å². The van der Waals surface area contributed by atoms with Gasteiger partial charge >= 0.3 is 0 Å². The molecule has 1 heterocycles. The number of rotatable bonds is 1. The van der Waals surface area contributed by atoms with Crippen molar-refractivity contribution in [3.8, 4) is 0 Å². The summed E-state index contributed by atoms with van der Waals surface area (Å²) in [5.74, 6) is -0.228. The molecule has 1 fully saturated rings. The standard InChI is InChI=1S/C11H12N2O3/c1-8-4-2-3-5-10(8)13-11(14)6-9(12-15)7-16-13/h2-5,15H,6-7H2,1H3. The number of carbonyl (C=O) groups excluding carboxylic acids is 1. The molecule has 0 radical (unpaired) electrons. The molecule has 1 aliphatic rings. The largest absolute Gasteiger partial charge is 0.411 e. The smallest absolute Gasteiger partial charge is 0.256 e. The van der Waals surface area contributed by atoms with Crippen molar-refractivity contribution < 1.29 is 14.8 Å². The van der Waals surface area contributed by atoms with E-state index in [4.69, 9.17) is 10.0 Å². The molecule has 84 valence electrons. The first kappa shape index (κ1) is 10.6. The van der Waals surface area contributed by atoms with E-state index in [9.17, 15) is 4.79 Å². The number of hydrogen-bond donors (Lipinski definition) is 1. The van der Waals surface area contributed by atoms with Crippen molar-refractivity contribution in [3.05, 3.63) is 29.8 Å². The molecule has 0 atom stereocenters. The Balaban J connectivity index is 2.24. The fourth-order valence-corrected chi connectivity index (χ4v) is 1.57. The quantitative estimate of drug-likeness (QED) is 0.576. The van der Waals surface area contributed by atoms with Crippen LogP contribution in [0.2, 0.25) is 0 Å². The maximum absolute atomic E-state index is 11.7. The first-order valence-corrected chi connectivity index (χ1v) is 4.93. The van der Waals surface area contributed by atoms with Crippen LogP contribution in [0.5, 0.6) is 0 Å². The maximum Gasteiger partial charge on any atom is 0.256 e. The average Bonchev–Trinajstić information content (AvgIpc) is 2.30. The van der Waals surface area contributed by atoms with E-state index in [0.717, 1.165) is 11.3 Å². The van der Waals surface area contributed by atoms with Crippen molar-refractivity contribution in [2.75, 3.05) is 11.7 Å². The molecule has 1 amide bonds. The minimum Gasteiger partial charge on any atom is -0.411 e. The third-order valence-corrected chi connectivity index (χ3v) is 2.42.